The molecule has 1 rings (SSSR count). The third-order valence-electron chi connectivity index (χ3n) is 3.88. The highest BCUT2D eigenvalue weighted by atomic mass is 16.5. The van der Waals surface area contributed by atoms with Crippen LogP contribution in [-0.2, 0) is 9.53 Å². The molecule has 22 heavy (non-hydrogen) atoms. The number of ether oxygens (including phenoxy) is 1. The van der Waals surface area contributed by atoms with Crippen LogP contribution < -0.4 is 5.32 Å². The van der Waals surface area contributed by atoms with E-state index in [1.807, 2.05) is 6.08 Å². The maximum Gasteiger partial charge on any atom is 0.220 e. The predicted molar refractivity (Wildman–Crippen MR) is 89.3 cm³/mol. The van der Waals surface area contributed by atoms with Gasteiger partial charge in [-0.3, -0.25) is 4.79 Å². The van der Waals surface area contributed by atoms with Gasteiger partial charge in [0, 0.05) is 13.0 Å². The number of carbonyl (C=O) groups is 1. The van der Waals surface area contributed by atoms with E-state index in [2.05, 4.69) is 31.3 Å². The first-order valence-corrected chi connectivity index (χ1v) is 8.40. The second-order valence-corrected chi connectivity index (χ2v) is 6.35. The quantitative estimate of drug-likeness (QED) is 0.508. The minimum atomic E-state index is -0.490. The molecule has 0 bridgehead atoms. The van der Waals surface area contributed by atoms with Crippen LogP contribution in [0.2, 0.25) is 0 Å². The van der Waals surface area contributed by atoms with Crippen LogP contribution in [0.15, 0.2) is 24.0 Å². The molecule has 0 fully saturated rings. The molecule has 1 aliphatic rings. The third kappa shape index (κ3) is 7.64. The molecule has 0 aliphatic heterocycles. The van der Waals surface area contributed by atoms with Gasteiger partial charge < -0.3 is 15.2 Å². The van der Waals surface area contributed by atoms with Crippen LogP contribution in [0, 0.1) is 11.8 Å². The van der Waals surface area contributed by atoms with E-state index < -0.39 is 6.10 Å². The number of aliphatic hydroxyl groups excluding tert-OH is 1. The molecule has 0 heterocycles. The molecule has 4 heteroatoms. The molecule has 0 radical (unpaired) electrons. The Morgan fingerprint density at radius 3 is 2.91 bits per heavy atom. The van der Waals surface area contributed by atoms with Gasteiger partial charge in [0.05, 0.1) is 7.11 Å². The lowest BCUT2D eigenvalue weighted by atomic mass is 9.92. The van der Waals surface area contributed by atoms with Crippen molar-refractivity contribution in [3.8, 4) is 0 Å². The fourth-order valence-electron chi connectivity index (χ4n) is 2.56. The van der Waals surface area contributed by atoms with Gasteiger partial charge in [-0.05, 0) is 50.0 Å². The molecule has 1 aliphatic carbocycles. The molecule has 2 N–H and O–H groups in total. The summed E-state index contributed by atoms with van der Waals surface area (Å²) in [5, 5.41) is 12.7. The minimum Gasteiger partial charge on any atom is -0.499 e. The summed E-state index contributed by atoms with van der Waals surface area (Å²) in [5.74, 6) is 1.60. The first-order chi connectivity index (χ1) is 10.5. The molecule has 0 spiro atoms. The highest BCUT2D eigenvalue weighted by Gasteiger charge is 2.21. The monoisotopic (exact) mass is 309 g/mol. The van der Waals surface area contributed by atoms with Crippen molar-refractivity contribution >= 4 is 5.91 Å². The van der Waals surface area contributed by atoms with Gasteiger partial charge >= 0.3 is 0 Å². The Labute approximate surface area is 134 Å². The SMILES string of the molecule is COC1=CC(CNC(=O)CCCC/C=C\C(C)C)CCC1O. The fourth-order valence-corrected chi connectivity index (χ4v) is 2.56. The summed E-state index contributed by atoms with van der Waals surface area (Å²) in [5.41, 5.74) is 0. The molecule has 0 saturated heterocycles. The van der Waals surface area contributed by atoms with Crippen molar-refractivity contribution in [1.29, 1.82) is 0 Å². The van der Waals surface area contributed by atoms with Crippen molar-refractivity contribution < 1.29 is 14.6 Å². The van der Waals surface area contributed by atoms with E-state index in [4.69, 9.17) is 4.74 Å². The number of aliphatic hydroxyl groups is 1. The van der Waals surface area contributed by atoms with E-state index in [0.29, 0.717) is 31.1 Å². The third-order valence-corrected chi connectivity index (χ3v) is 3.88. The van der Waals surface area contributed by atoms with Crippen molar-refractivity contribution in [3.05, 3.63) is 24.0 Å². The van der Waals surface area contributed by atoms with Crippen LogP contribution in [0.5, 0.6) is 0 Å². The van der Waals surface area contributed by atoms with Gasteiger partial charge in [-0.15, -0.1) is 0 Å². The molecule has 4 nitrogen and oxygen atoms in total. The van der Waals surface area contributed by atoms with Crippen molar-refractivity contribution in [2.24, 2.45) is 11.8 Å². The highest BCUT2D eigenvalue weighted by molar-refractivity contribution is 5.75. The normalized spacial score (nSPS) is 22.0. The number of unbranched alkanes of at least 4 members (excludes halogenated alkanes) is 2. The largest absolute Gasteiger partial charge is 0.499 e. The van der Waals surface area contributed by atoms with Crippen LogP contribution >= 0.6 is 0 Å². The Kier molecular flexibility index (Phi) is 8.90. The number of amides is 1. The highest BCUT2D eigenvalue weighted by Crippen LogP contribution is 2.23. The maximum absolute atomic E-state index is 11.8. The van der Waals surface area contributed by atoms with Gasteiger partial charge in [-0.1, -0.05) is 26.0 Å². The van der Waals surface area contributed by atoms with Crippen LogP contribution in [0.4, 0.5) is 0 Å². The zero-order valence-corrected chi connectivity index (χ0v) is 14.2. The van der Waals surface area contributed by atoms with Gasteiger partial charge in [0.1, 0.15) is 11.9 Å². The van der Waals surface area contributed by atoms with E-state index in [1.165, 1.54) is 0 Å². The second kappa shape index (κ2) is 10.4. The van der Waals surface area contributed by atoms with Crippen molar-refractivity contribution in [2.75, 3.05) is 13.7 Å². The standard InChI is InChI=1S/C18H31NO3/c1-14(2)8-6-4-5-7-9-18(21)19-13-15-10-11-16(20)17(12-15)22-3/h6,8,12,14-16,20H,4-5,7,9-11,13H2,1-3H3,(H,19,21)/b8-6-. The summed E-state index contributed by atoms with van der Waals surface area (Å²) >= 11 is 0. The lowest BCUT2D eigenvalue weighted by molar-refractivity contribution is -0.121. The number of methoxy groups -OCH3 is 1. The number of allylic oxidation sites excluding steroid dienone is 2. The van der Waals surface area contributed by atoms with Crippen LogP contribution in [0.3, 0.4) is 0 Å². The summed E-state index contributed by atoms with van der Waals surface area (Å²) in [6.45, 7) is 4.96. The number of hydrogen-bond acceptors (Lipinski definition) is 3. The van der Waals surface area contributed by atoms with Gasteiger partial charge in [-0.25, -0.2) is 0 Å². The minimum absolute atomic E-state index is 0.117. The Bertz CT molecular complexity index is 388. The van der Waals surface area contributed by atoms with E-state index in [0.717, 1.165) is 25.7 Å². The molecule has 1 amide bonds. The number of carbonyl (C=O) groups excluding carboxylic acids is 1. The second-order valence-electron chi connectivity index (χ2n) is 6.35. The van der Waals surface area contributed by atoms with Crippen LogP contribution in [0.1, 0.15) is 52.4 Å². The molecule has 0 aromatic heterocycles. The van der Waals surface area contributed by atoms with Crippen molar-refractivity contribution in [2.45, 2.75) is 58.5 Å². The molecule has 2 atom stereocenters. The summed E-state index contributed by atoms with van der Waals surface area (Å²) < 4.78 is 5.15. The lowest BCUT2D eigenvalue weighted by Crippen LogP contribution is -2.31. The Balaban J connectivity index is 2.14. The Morgan fingerprint density at radius 2 is 2.23 bits per heavy atom. The van der Waals surface area contributed by atoms with Gasteiger partial charge in [0.25, 0.3) is 0 Å². The predicted octanol–water partition coefficient (Wildman–Crippen LogP) is 3.18. The van der Waals surface area contributed by atoms with Crippen molar-refractivity contribution in [1.82, 2.24) is 5.32 Å². The van der Waals surface area contributed by atoms with Crippen LogP contribution in [-0.4, -0.2) is 30.8 Å². The van der Waals surface area contributed by atoms with E-state index in [9.17, 15) is 9.90 Å². The lowest BCUT2D eigenvalue weighted by Gasteiger charge is -2.24. The average molecular weight is 309 g/mol. The fraction of sp³-hybridized carbons (Fsp3) is 0.722. The first-order valence-electron chi connectivity index (χ1n) is 8.40. The summed E-state index contributed by atoms with van der Waals surface area (Å²) in [6.07, 6.45) is 11.1. The molecule has 0 aromatic rings. The molecule has 0 aromatic carbocycles. The van der Waals surface area contributed by atoms with Crippen LogP contribution in [0.25, 0.3) is 0 Å². The van der Waals surface area contributed by atoms with Gasteiger partial charge in [-0.2, -0.15) is 0 Å². The van der Waals surface area contributed by atoms with E-state index in [1.54, 1.807) is 7.11 Å². The Hall–Kier alpha value is -1.29. The zero-order valence-electron chi connectivity index (χ0n) is 14.2. The Morgan fingerprint density at radius 1 is 1.45 bits per heavy atom. The van der Waals surface area contributed by atoms with E-state index >= 15 is 0 Å². The molecule has 0 saturated carbocycles. The molecule has 126 valence electrons. The van der Waals surface area contributed by atoms with Gasteiger partial charge in [0.15, 0.2) is 0 Å². The maximum atomic E-state index is 11.8. The molecular weight excluding hydrogens is 278 g/mol. The summed E-state index contributed by atoms with van der Waals surface area (Å²) in [7, 11) is 1.57. The topological polar surface area (TPSA) is 58.6 Å². The number of rotatable bonds is 9. The summed E-state index contributed by atoms with van der Waals surface area (Å²) in [6, 6.07) is 0. The van der Waals surface area contributed by atoms with Gasteiger partial charge in [0.2, 0.25) is 5.91 Å². The van der Waals surface area contributed by atoms with E-state index in [-0.39, 0.29) is 11.8 Å². The smallest absolute Gasteiger partial charge is 0.220 e. The molecular formula is C18H31NO3. The molecule has 2 unspecified atom stereocenters. The summed E-state index contributed by atoms with van der Waals surface area (Å²) in [4.78, 5) is 11.8. The first kappa shape index (κ1) is 18.8. The number of nitrogens with one attached hydrogen (secondary N) is 1. The number of hydrogen-bond donors (Lipinski definition) is 2. The van der Waals surface area contributed by atoms with Crippen molar-refractivity contribution in [3.63, 3.8) is 0 Å². The average Bonchev–Trinajstić information content (AvgIpc) is 2.49. The zero-order chi connectivity index (χ0) is 16.4.